The first kappa shape index (κ1) is 14.8. The van der Waals surface area contributed by atoms with Crippen molar-refractivity contribution in [3.05, 3.63) is 23.8 Å². The van der Waals surface area contributed by atoms with Crippen LogP contribution in [0.2, 0.25) is 0 Å². The molecule has 3 rings (SSSR count). The van der Waals surface area contributed by atoms with Gasteiger partial charge in [0.15, 0.2) is 5.17 Å². The highest BCUT2D eigenvalue weighted by Crippen LogP contribution is 2.42. The van der Waals surface area contributed by atoms with Crippen molar-refractivity contribution in [3.8, 4) is 5.75 Å². The van der Waals surface area contributed by atoms with Crippen LogP contribution in [0.3, 0.4) is 0 Å². The molecule has 114 valence electrons. The van der Waals surface area contributed by atoms with E-state index in [9.17, 15) is 0 Å². The minimum Gasteiger partial charge on any atom is -0.497 e. The van der Waals surface area contributed by atoms with Gasteiger partial charge in [0.2, 0.25) is 0 Å². The molecule has 0 aromatic heterocycles. The largest absolute Gasteiger partial charge is 0.497 e. The standard InChI is InChI=1S/C17H24N2OS/c1-13-10-14(20-2)6-7-15(13)19-16-18-11-17(12-21-16)8-4-3-5-9-17/h6-7,10H,3-5,8-9,11-12H2,1-2H3,(H,18,19). The van der Waals surface area contributed by atoms with Crippen LogP contribution in [0.4, 0.5) is 5.69 Å². The minimum atomic E-state index is 0.489. The van der Waals surface area contributed by atoms with E-state index in [4.69, 9.17) is 9.73 Å². The van der Waals surface area contributed by atoms with Gasteiger partial charge in [-0.3, -0.25) is 4.99 Å². The highest BCUT2D eigenvalue weighted by molar-refractivity contribution is 8.14. The van der Waals surface area contributed by atoms with E-state index >= 15 is 0 Å². The smallest absolute Gasteiger partial charge is 0.161 e. The molecule has 0 bridgehead atoms. The van der Waals surface area contributed by atoms with Gasteiger partial charge in [-0.25, -0.2) is 0 Å². The summed E-state index contributed by atoms with van der Waals surface area (Å²) in [4.78, 5) is 4.82. The number of hydrogen-bond donors (Lipinski definition) is 1. The third-order valence-corrected chi connectivity index (χ3v) is 5.92. The number of rotatable bonds is 2. The summed E-state index contributed by atoms with van der Waals surface area (Å²) in [6.07, 6.45) is 6.90. The molecular weight excluding hydrogens is 280 g/mol. The van der Waals surface area contributed by atoms with Crippen molar-refractivity contribution >= 4 is 22.6 Å². The number of anilines is 1. The summed E-state index contributed by atoms with van der Waals surface area (Å²) in [7, 11) is 1.70. The zero-order valence-electron chi connectivity index (χ0n) is 12.9. The number of nitrogens with zero attached hydrogens (tertiary/aromatic N) is 1. The second-order valence-corrected chi connectivity index (χ2v) is 7.24. The monoisotopic (exact) mass is 304 g/mol. The number of ether oxygens (including phenoxy) is 1. The molecule has 3 nitrogen and oxygen atoms in total. The molecular formula is C17H24N2OS. The molecule has 0 saturated heterocycles. The third-order valence-electron chi connectivity index (χ3n) is 4.66. The number of benzene rings is 1. The highest BCUT2D eigenvalue weighted by atomic mass is 32.2. The lowest BCUT2D eigenvalue weighted by atomic mass is 9.75. The maximum atomic E-state index is 5.25. The van der Waals surface area contributed by atoms with Crippen molar-refractivity contribution in [2.45, 2.75) is 39.0 Å². The number of amidine groups is 1. The number of methoxy groups -OCH3 is 1. The van der Waals surface area contributed by atoms with Crippen LogP contribution in [0, 0.1) is 12.3 Å². The third kappa shape index (κ3) is 3.37. The van der Waals surface area contributed by atoms with Gasteiger partial charge in [-0.05, 0) is 48.9 Å². The van der Waals surface area contributed by atoms with Crippen molar-refractivity contribution in [3.63, 3.8) is 0 Å². The van der Waals surface area contributed by atoms with E-state index in [-0.39, 0.29) is 0 Å². The molecule has 1 aliphatic carbocycles. The van der Waals surface area contributed by atoms with Crippen LogP contribution in [0.15, 0.2) is 23.2 Å². The topological polar surface area (TPSA) is 33.6 Å². The van der Waals surface area contributed by atoms with Gasteiger partial charge in [0.1, 0.15) is 5.75 Å². The Morgan fingerprint density at radius 2 is 2.05 bits per heavy atom. The van der Waals surface area contributed by atoms with Crippen LogP contribution < -0.4 is 10.1 Å². The summed E-state index contributed by atoms with van der Waals surface area (Å²) >= 11 is 1.89. The number of hydrogen-bond acceptors (Lipinski definition) is 4. The van der Waals surface area contributed by atoms with Crippen molar-refractivity contribution < 1.29 is 4.74 Å². The van der Waals surface area contributed by atoms with E-state index < -0.39 is 0 Å². The maximum Gasteiger partial charge on any atom is 0.161 e. The Balaban J connectivity index is 1.66. The molecule has 0 radical (unpaired) electrons. The zero-order valence-corrected chi connectivity index (χ0v) is 13.8. The quantitative estimate of drug-likeness (QED) is 0.875. The first-order chi connectivity index (χ1) is 10.2. The molecule has 1 saturated carbocycles. The summed E-state index contributed by atoms with van der Waals surface area (Å²) in [5.74, 6) is 2.12. The fourth-order valence-electron chi connectivity index (χ4n) is 3.25. The van der Waals surface area contributed by atoms with Crippen molar-refractivity contribution in [1.82, 2.24) is 0 Å². The van der Waals surface area contributed by atoms with E-state index in [1.807, 2.05) is 17.8 Å². The summed E-state index contributed by atoms with van der Waals surface area (Å²) < 4.78 is 5.25. The minimum absolute atomic E-state index is 0.489. The van der Waals surface area contributed by atoms with Gasteiger partial charge in [-0.15, -0.1) is 0 Å². The lowest BCUT2D eigenvalue weighted by Crippen LogP contribution is -2.35. The fraction of sp³-hybridized carbons (Fsp3) is 0.588. The average Bonchev–Trinajstić information content (AvgIpc) is 2.52. The molecule has 1 fully saturated rings. The molecule has 21 heavy (non-hydrogen) atoms. The second kappa shape index (κ2) is 6.30. The molecule has 1 aromatic carbocycles. The van der Waals surface area contributed by atoms with Gasteiger partial charge >= 0.3 is 0 Å². The van der Waals surface area contributed by atoms with Crippen molar-refractivity contribution in [2.24, 2.45) is 10.4 Å². The van der Waals surface area contributed by atoms with Gasteiger partial charge in [0, 0.05) is 18.0 Å². The molecule has 0 amide bonds. The summed E-state index contributed by atoms with van der Waals surface area (Å²) in [6, 6.07) is 6.12. The van der Waals surface area contributed by atoms with Crippen LogP contribution in [0.25, 0.3) is 0 Å². The van der Waals surface area contributed by atoms with Gasteiger partial charge < -0.3 is 10.1 Å². The Morgan fingerprint density at radius 1 is 1.24 bits per heavy atom. The van der Waals surface area contributed by atoms with Crippen LogP contribution in [0.1, 0.15) is 37.7 Å². The number of nitrogens with one attached hydrogen (secondary N) is 1. The van der Waals surface area contributed by atoms with E-state index in [2.05, 4.69) is 24.4 Å². The van der Waals surface area contributed by atoms with E-state index in [0.717, 1.165) is 23.1 Å². The molecule has 0 atom stereocenters. The van der Waals surface area contributed by atoms with Gasteiger partial charge in [-0.1, -0.05) is 31.0 Å². The van der Waals surface area contributed by atoms with E-state index in [0.29, 0.717) is 5.41 Å². The Bertz CT molecular complexity index is 536. The second-order valence-electron chi connectivity index (χ2n) is 6.28. The normalized spacial score (nSPS) is 21.0. The van der Waals surface area contributed by atoms with Gasteiger partial charge in [0.05, 0.1) is 7.11 Å². The molecule has 0 unspecified atom stereocenters. The average molecular weight is 304 g/mol. The first-order valence-corrected chi connectivity index (χ1v) is 8.78. The van der Waals surface area contributed by atoms with Crippen molar-refractivity contribution in [2.75, 3.05) is 24.7 Å². The lowest BCUT2D eigenvalue weighted by molar-refractivity contribution is 0.232. The molecule has 1 aromatic rings. The summed E-state index contributed by atoms with van der Waals surface area (Å²) in [5.41, 5.74) is 2.81. The molecule has 1 heterocycles. The number of aliphatic imine (C=N–C) groups is 1. The molecule has 1 spiro atoms. The fourth-order valence-corrected chi connectivity index (χ4v) is 4.41. The Kier molecular flexibility index (Phi) is 4.43. The Labute approximate surface area is 131 Å². The zero-order chi connectivity index (χ0) is 14.7. The van der Waals surface area contributed by atoms with Gasteiger partial charge in [0.25, 0.3) is 0 Å². The lowest BCUT2D eigenvalue weighted by Gasteiger charge is -2.38. The number of aryl methyl sites for hydroxylation is 1. The van der Waals surface area contributed by atoms with Gasteiger partial charge in [-0.2, -0.15) is 0 Å². The van der Waals surface area contributed by atoms with E-state index in [1.54, 1.807) is 7.11 Å². The Hall–Kier alpha value is -1.16. The molecule has 1 aliphatic heterocycles. The maximum absolute atomic E-state index is 5.25. The van der Waals surface area contributed by atoms with Crippen LogP contribution in [-0.2, 0) is 0 Å². The summed E-state index contributed by atoms with van der Waals surface area (Å²) in [5, 5.41) is 4.55. The highest BCUT2D eigenvalue weighted by Gasteiger charge is 2.34. The summed E-state index contributed by atoms with van der Waals surface area (Å²) in [6.45, 7) is 3.10. The molecule has 4 heteroatoms. The van der Waals surface area contributed by atoms with Crippen LogP contribution in [-0.4, -0.2) is 24.6 Å². The number of thioether (sulfide) groups is 1. The molecule has 2 aliphatic rings. The SMILES string of the molecule is COc1ccc(NC2=NCC3(CCCCC3)CS2)c(C)c1. The van der Waals surface area contributed by atoms with E-state index in [1.165, 1.54) is 43.4 Å². The van der Waals surface area contributed by atoms with Crippen molar-refractivity contribution in [1.29, 1.82) is 0 Å². The first-order valence-electron chi connectivity index (χ1n) is 7.80. The van der Waals surface area contributed by atoms with Crippen LogP contribution >= 0.6 is 11.8 Å². The van der Waals surface area contributed by atoms with Crippen LogP contribution in [0.5, 0.6) is 5.75 Å². The molecule has 1 N–H and O–H groups in total. The Morgan fingerprint density at radius 3 is 2.67 bits per heavy atom. The predicted octanol–water partition coefficient (Wildman–Crippen LogP) is 4.47. The predicted molar refractivity (Wildman–Crippen MR) is 91.6 cm³/mol.